The van der Waals surface area contributed by atoms with E-state index in [0.717, 1.165) is 19.3 Å². The van der Waals surface area contributed by atoms with Crippen molar-refractivity contribution in [3.63, 3.8) is 0 Å². The van der Waals surface area contributed by atoms with Crippen LogP contribution in [0.15, 0.2) is 42.5 Å². The van der Waals surface area contributed by atoms with E-state index in [-0.39, 0.29) is 16.9 Å². The molecule has 2 heteroatoms. The molecule has 0 aliphatic heterocycles. The molecule has 0 spiro atoms. The Balaban J connectivity index is 1.84. The largest absolute Gasteiger partial charge is 0.380 e. The minimum absolute atomic E-state index is 0.0123. The number of fused-ring (bicyclic) bond motifs is 2. The minimum Gasteiger partial charge on any atom is -0.380 e. The third-order valence-corrected chi connectivity index (χ3v) is 6.30. The maximum atomic E-state index is 13.2. The maximum absolute atomic E-state index is 13.2. The minimum atomic E-state index is -0.377. The summed E-state index contributed by atoms with van der Waals surface area (Å²) >= 11 is 0. The van der Waals surface area contributed by atoms with E-state index in [1.807, 2.05) is 18.2 Å². The molecular weight excluding hydrogens is 272 g/mol. The van der Waals surface area contributed by atoms with Gasteiger partial charge >= 0.3 is 0 Å². The molecule has 0 N–H and O–H groups in total. The van der Waals surface area contributed by atoms with Crippen LogP contribution in [0.25, 0.3) is 0 Å². The molecule has 22 heavy (non-hydrogen) atoms. The monoisotopic (exact) mass is 298 g/mol. The lowest BCUT2D eigenvalue weighted by atomic mass is 9.60. The molecule has 0 saturated heterocycles. The summed E-state index contributed by atoms with van der Waals surface area (Å²) in [5.41, 5.74) is 1.90. The molecule has 2 aliphatic rings. The van der Waals surface area contributed by atoms with E-state index in [4.69, 9.17) is 4.74 Å². The smallest absolute Gasteiger partial charge is 0.142 e. The number of carbonyl (C=O) groups excluding carboxylic acids is 1. The van der Waals surface area contributed by atoms with Crippen LogP contribution in [0.2, 0.25) is 0 Å². The number of rotatable bonds is 5. The highest BCUT2D eigenvalue weighted by atomic mass is 16.5. The summed E-state index contributed by atoms with van der Waals surface area (Å²) in [7, 11) is 1.75. The number of methoxy groups -OCH3 is 1. The predicted octanol–water partition coefficient (Wildman–Crippen LogP) is 4.20. The van der Waals surface area contributed by atoms with Gasteiger partial charge in [0.25, 0.3) is 0 Å². The second-order valence-corrected chi connectivity index (χ2v) is 7.33. The van der Waals surface area contributed by atoms with Crippen LogP contribution in [-0.2, 0) is 16.0 Å². The lowest BCUT2D eigenvalue weighted by molar-refractivity contribution is -0.141. The number of benzene rings is 1. The van der Waals surface area contributed by atoms with E-state index < -0.39 is 0 Å². The Hall–Kier alpha value is -1.41. The fraction of sp³-hybridized carbons (Fsp3) is 0.550. The van der Waals surface area contributed by atoms with Crippen molar-refractivity contribution >= 4 is 5.78 Å². The van der Waals surface area contributed by atoms with Gasteiger partial charge in [-0.15, -0.1) is 0 Å². The zero-order chi connectivity index (χ0) is 16.0. The molecule has 0 heterocycles. The SMILES string of the molecule is C=C1C2CCC(C(=O)CCc3ccccc3)(C2OC)C1(C)C. The summed E-state index contributed by atoms with van der Waals surface area (Å²) in [6, 6.07) is 10.3. The molecule has 1 aromatic rings. The topological polar surface area (TPSA) is 26.3 Å². The van der Waals surface area contributed by atoms with Crippen molar-refractivity contribution < 1.29 is 9.53 Å². The summed E-state index contributed by atoms with van der Waals surface area (Å²) < 4.78 is 5.80. The molecule has 0 radical (unpaired) electrons. The van der Waals surface area contributed by atoms with E-state index in [9.17, 15) is 4.79 Å². The van der Waals surface area contributed by atoms with E-state index in [2.05, 4.69) is 32.6 Å². The van der Waals surface area contributed by atoms with Gasteiger partial charge in [-0.25, -0.2) is 0 Å². The molecule has 3 atom stereocenters. The zero-order valence-corrected chi connectivity index (χ0v) is 13.9. The van der Waals surface area contributed by atoms with Crippen molar-refractivity contribution in [2.75, 3.05) is 7.11 Å². The molecular formula is C20H26O2. The van der Waals surface area contributed by atoms with Crippen LogP contribution < -0.4 is 0 Å². The quantitative estimate of drug-likeness (QED) is 0.762. The number of carbonyl (C=O) groups is 1. The first kappa shape index (κ1) is 15.5. The van der Waals surface area contributed by atoms with E-state index in [1.54, 1.807) is 7.11 Å². The van der Waals surface area contributed by atoms with Gasteiger partial charge < -0.3 is 4.74 Å². The average Bonchev–Trinajstić information content (AvgIpc) is 2.99. The number of aryl methyl sites for hydroxylation is 1. The van der Waals surface area contributed by atoms with Crippen LogP contribution in [0.3, 0.4) is 0 Å². The van der Waals surface area contributed by atoms with Gasteiger partial charge in [-0.2, -0.15) is 0 Å². The number of Topliss-reactive ketones (excluding diaryl/α,β-unsaturated/α-hetero) is 1. The molecule has 118 valence electrons. The van der Waals surface area contributed by atoms with Gasteiger partial charge in [0.15, 0.2) is 0 Å². The third-order valence-electron chi connectivity index (χ3n) is 6.30. The Morgan fingerprint density at radius 3 is 2.64 bits per heavy atom. The van der Waals surface area contributed by atoms with Crippen LogP contribution in [0, 0.1) is 16.7 Å². The second kappa shape index (κ2) is 5.34. The Morgan fingerprint density at radius 1 is 1.32 bits per heavy atom. The van der Waals surface area contributed by atoms with Gasteiger partial charge in [-0.1, -0.05) is 56.3 Å². The number of ketones is 1. The van der Waals surface area contributed by atoms with Crippen LogP contribution in [0.4, 0.5) is 0 Å². The van der Waals surface area contributed by atoms with E-state index in [0.29, 0.717) is 18.1 Å². The van der Waals surface area contributed by atoms with Crippen LogP contribution in [0.5, 0.6) is 0 Å². The first-order valence-corrected chi connectivity index (χ1v) is 8.24. The van der Waals surface area contributed by atoms with Crippen molar-refractivity contribution in [2.24, 2.45) is 16.7 Å². The van der Waals surface area contributed by atoms with Crippen LogP contribution in [-0.4, -0.2) is 19.0 Å². The molecule has 0 amide bonds. The molecule has 2 nitrogen and oxygen atoms in total. The van der Waals surface area contributed by atoms with Crippen LogP contribution in [0.1, 0.15) is 38.7 Å². The van der Waals surface area contributed by atoms with Crippen LogP contribution >= 0.6 is 0 Å². The molecule has 0 aromatic heterocycles. The van der Waals surface area contributed by atoms with Gasteiger partial charge in [0.1, 0.15) is 5.78 Å². The van der Waals surface area contributed by atoms with E-state index in [1.165, 1.54) is 11.1 Å². The number of hydrogen-bond donors (Lipinski definition) is 0. The Morgan fingerprint density at radius 2 is 2.00 bits per heavy atom. The Kier molecular flexibility index (Phi) is 3.76. The number of ether oxygens (including phenoxy) is 1. The second-order valence-electron chi connectivity index (χ2n) is 7.33. The Bertz CT molecular complexity index is 587. The lowest BCUT2D eigenvalue weighted by Crippen LogP contribution is -2.47. The van der Waals surface area contributed by atoms with E-state index >= 15 is 0 Å². The maximum Gasteiger partial charge on any atom is 0.142 e. The third kappa shape index (κ3) is 1.93. The summed E-state index contributed by atoms with van der Waals surface area (Å²) in [5.74, 6) is 0.704. The van der Waals surface area contributed by atoms with Gasteiger partial charge in [-0.05, 0) is 24.8 Å². The van der Waals surface area contributed by atoms with Crippen molar-refractivity contribution in [3.05, 3.63) is 48.0 Å². The standard InChI is InChI=1S/C20H26O2/c1-14-16-12-13-20(18(16)22-4,19(14,2)3)17(21)11-10-15-8-6-5-7-9-15/h5-9,16,18H,1,10-13H2,2-4H3. The van der Waals surface area contributed by atoms with Crippen molar-refractivity contribution in [1.82, 2.24) is 0 Å². The first-order valence-electron chi connectivity index (χ1n) is 8.24. The Labute approximate surface area is 133 Å². The molecule has 2 bridgehead atoms. The zero-order valence-electron chi connectivity index (χ0n) is 13.9. The molecule has 2 saturated carbocycles. The van der Waals surface area contributed by atoms with Crippen molar-refractivity contribution in [1.29, 1.82) is 0 Å². The number of hydrogen-bond acceptors (Lipinski definition) is 2. The molecule has 3 rings (SSSR count). The highest BCUT2D eigenvalue weighted by Gasteiger charge is 2.68. The van der Waals surface area contributed by atoms with Gasteiger partial charge in [0.2, 0.25) is 0 Å². The van der Waals surface area contributed by atoms with Crippen molar-refractivity contribution in [2.45, 2.75) is 45.6 Å². The molecule has 2 fully saturated rings. The van der Waals surface area contributed by atoms with Gasteiger partial charge in [0.05, 0.1) is 11.5 Å². The molecule has 2 aliphatic carbocycles. The highest BCUT2D eigenvalue weighted by molar-refractivity contribution is 5.89. The first-order chi connectivity index (χ1) is 10.4. The summed E-state index contributed by atoms with van der Waals surface area (Å²) in [5, 5.41) is 0. The fourth-order valence-electron chi connectivity index (χ4n) is 4.93. The lowest BCUT2D eigenvalue weighted by Gasteiger charge is -2.43. The van der Waals surface area contributed by atoms with Crippen molar-refractivity contribution in [3.8, 4) is 0 Å². The fourth-order valence-corrected chi connectivity index (χ4v) is 4.93. The molecule has 3 unspecified atom stereocenters. The summed E-state index contributed by atoms with van der Waals surface area (Å²) in [6.45, 7) is 8.66. The van der Waals surface area contributed by atoms with Gasteiger partial charge in [-0.3, -0.25) is 4.79 Å². The highest BCUT2D eigenvalue weighted by Crippen LogP contribution is 2.67. The normalized spacial score (nSPS) is 32.4. The molecule has 1 aromatic carbocycles. The summed E-state index contributed by atoms with van der Waals surface area (Å²) in [6.07, 6.45) is 3.39. The van der Waals surface area contributed by atoms with Gasteiger partial charge in [0, 0.05) is 24.9 Å². The summed E-state index contributed by atoms with van der Waals surface area (Å²) in [4.78, 5) is 13.2. The average molecular weight is 298 g/mol. The predicted molar refractivity (Wildman–Crippen MR) is 88.6 cm³/mol.